The summed E-state index contributed by atoms with van der Waals surface area (Å²) in [5, 5.41) is 2.59. The third-order valence-electron chi connectivity index (χ3n) is 3.22. The number of rotatable bonds is 9. The quantitative estimate of drug-likeness (QED) is 0.695. The molecule has 0 fully saturated rings. The average Bonchev–Trinajstić information content (AvgIpc) is 2.57. The van der Waals surface area contributed by atoms with Crippen LogP contribution in [0, 0.1) is 0 Å². The molecule has 1 unspecified atom stereocenters. The summed E-state index contributed by atoms with van der Waals surface area (Å²) in [6.07, 6.45) is 1.56. The highest BCUT2D eigenvalue weighted by molar-refractivity contribution is 7.54. The zero-order valence-corrected chi connectivity index (χ0v) is 14.2. The van der Waals surface area contributed by atoms with Crippen molar-refractivity contribution in [2.24, 2.45) is 0 Å². The Hall–Kier alpha value is -1.36. The van der Waals surface area contributed by atoms with Crippen molar-refractivity contribution in [1.29, 1.82) is 0 Å². The van der Waals surface area contributed by atoms with Crippen LogP contribution in [0.15, 0.2) is 30.3 Å². The molecule has 1 aromatic rings. The molecule has 0 aliphatic rings. The Morgan fingerprint density at radius 2 is 1.86 bits per heavy atom. The average molecular weight is 329 g/mol. The van der Waals surface area contributed by atoms with Crippen molar-refractivity contribution in [3.63, 3.8) is 0 Å². The van der Waals surface area contributed by atoms with Crippen LogP contribution in [0.1, 0.15) is 31.7 Å². The van der Waals surface area contributed by atoms with Gasteiger partial charge in [0.2, 0.25) is 0 Å². The fraction of sp³-hybridized carbons (Fsp3) is 0.533. The molecule has 0 saturated heterocycles. The number of carbonyl (C=O) groups is 1. The molecule has 0 radical (unpaired) electrons. The summed E-state index contributed by atoms with van der Waals surface area (Å²) in [5.74, 6) is -0.717. The second kappa shape index (κ2) is 9.62. The van der Waals surface area contributed by atoms with Crippen LogP contribution in [0.25, 0.3) is 0 Å². The lowest BCUT2D eigenvalue weighted by atomic mass is 10.2. The van der Waals surface area contributed by atoms with E-state index in [-0.39, 0.29) is 6.61 Å². The predicted molar refractivity (Wildman–Crippen MR) is 84.7 cm³/mol. The van der Waals surface area contributed by atoms with E-state index in [0.29, 0.717) is 6.42 Å². The molecule has 1 rings (SSSR count). The maximum Gasteiger partial charge on any atom is 0.408 e. The number of carbonyl (C=O) groups excluding carboxylic acids is 1. The van der Waals surface area contributed by atoms with Gasteiger partial charge in [0.05, 0.1) is 0 Å². The van der Waals surface area contributed by atoms with Gasteiger partial charge in [-0.2, -0.15) is 0 Å². The lowest BCUT2D eigenvalue weighted by Gasteiger charge is -2.24. The zero-order valence-electron chi connectivity index (χ0n) is 13.3. The predicted octanol–water partition coefficient (Wildman–Crippen LogP) is 3.92. The molecule has 7 heteroatoms. The van der Waals surface area contributed by atoms with Crippen molar-refractivity contribution >= 4 is 13.7 Å². The third kappa shape index (κ3) is 5.79. The van der Waals surface area contributed by atoms with Crippen LogP contribution in [-0.4, -0.2) is 26.1 Å². The number of unbranched alkanes of at least 4 members (excludes halogenated alkanes) is 1. The highest BCUT2D eigenvalue weighted by atomic mass is 31.2. The van der Waals surface area contributed by atoms with E-state index >= 15 is 0 Å². The molecule has 0 spiro atoms. The second-order valence-corrected chi connectivity index (χ2v) is 7.20. The fourth-order valence-corrected chi connectivity index (χ4v) is 3.36. The molecule has 0 heterocycles. The summed E-state index contributed by atoms with van der Waals surface area (Å²) in [6, 6.07) is 9.33. The maximum absolute atomic E-state index is 12.5. The third-order valence-corrected chi connectivity index (χ3v) is 5.39. The number of amides is 1. The topological polar surface area (TPSA) is 73.9 Å². The molecule has 0 aliphatic carbocycles. The van der Waals surface area contributed by atoms with Crippen molar-refractivity contribution < 1.29 is 23.1 Å². The summed E-state index contributed by atoms with van der Waals surface area (Å²) in [4.78, 5) is 11.9. The van der Waals surface area contributed by atoms with E-state index in [0.717, 1.165) is 18.4 Å². The Kier molecular flexibility index (Phi) is 8.17. The molecular formula is C15H24NO5P. The van der Waals surface area contributed by atoms with Crippen LogP contribution in [0.2, 0.25) is 0 Å². The molecule has 0 aromatic heterocycles. The first-order valence-corrected chi connectivity index (χ1v) is 8.85. The highest BCUT2D eigenvalue weighted by Gasteiger charge is 2.35. The van der Waals surface area contributed by atoms with Crippen LogP contribution >= 0.6 is 7.60 Å². The summed E-state index contributed by atoms with van der Waals surface area (Å²) in [6.45, 7) is 2.16. The van der Waals surface area contributed by atoms with Gasteiger partial charge in [-0.1, -0.05) is 50.1 Å². The lowest BCUT2D eigenvalue weighted by molar-refractivity contribution is 0.135. The van der Waals surface area contributed by atoms with E-state index in [4.69, 9.17) is 13.8 Å². The minimum absolute atomic E-state index is 0.150. The van der Waals surface area contributed by atoms with Gasteiger partial charge < -0.3 is 19.1 Å². The largest absolute Gasteiger partial charge is 0.445 e. The van der Waals surface area contributed by atoms with Gasteiger partial charge in [-0.3, -0.25) is 4.57 Å². The van der Waals surface area contributed by atoms with Crippen LogP contribution in [0.3, 0.4) is 0 Å². The number of benzene rings is 1. The van der Waals surface area contributed by atoms with Crippen LogP contribution in [0.4, 0.5) is 4.79 Å². The Morgan fingerprint density at radius 3 is 2.41 bits per heavy atom. The zero-order chi connectivity index (χ0) is 16.4. The lowest BCUT2D eigenvalue weighted by Crippen LogP contribution is -2.35. The van der Waals surface area contributed by atoms with E-state index < -0.39 is 19.5 Å². The van der Waals surface area contributed by atoms with Crippen LogP contribution in [0.5, 0.6) is 0 Å². The van der Waals surface area contributed by atoms with Crippen molar-refractivity contribution in [2.75, 3.05) is 14.2 Å². The van der Waals surface area contributed by atoms with E-state index in [2.05, 4.69) is 5.32 Å². The first kappa shape index (κ1) is 18.7. The van der Waals surface area contributed by atoms with Gasteiger partial charge in [-0.05, 0) is 12.0 Å². The standard InChI is InChI=1S/C15H24NO5P/c1-4-5-11-14(22(18,19-2)20-3)16-15(17)21-12-13-9-7-6-8-10-13/h6-10,14H,4-5,11-12H2,1-3H3,(H,16,17). The van der Waals surface area contributed by atoms with Crippen molar-refractivity contribution in [2.45, 2.75) is 38.6 Å². The van der Waals surface area contributed by atoms with Crippen LogP contribution in [-0.2, 0) is 25.0 Å². The molecular weight excluding hydrogens is 305 g/mol. The van der Waals surface area contributed by atoms with E-state index in [1.54, 1.807) is 0 Å². The number of hydrogen-bond acceptors (Lipinski definition) is 5. The molecule has 0 saturated carbocycles. The van der Waals surface area contributed by atoms with Gasteiger partial charge in [0, 0.05) is 14.2 Å². The fourth-order valence-electron chi connectivity index (χ4n) is 1.94. The first-order chi connectivity index (χ1) is 10.6. The molecule has 0 aliphatic heterocycles. The Bertz CT molecular complexity index is 486. The summed E-state index contributed by atoms with van der Waals surface area (Å²) in [7, 11) is -0.771. The van der Waals surface area contributed by atoms with E-state index in [1.165, 1.54) is 14.2 Å². The van der Waals surface area contributed by atoms with E-state index in [1.807, 2.05) is 37.3 Å². The number of alkyl carbamates (subject to hydrolysis) is 1. The molecule has 1 N–H and O–H groups in total. The van der Waals surface area contributed by atoms with Gasteiger partial charge in [0.25, 0.3) is 0 Å². The minimum Gasteiger partial charge on any atom is -0.445 e. The summed E-state index contributed by atoms with van der Waals surface area (Å²) >= 11 is 0. The van der Waals surface area contributed by atoms with Crippen molar-refractivity contribution in [1.82, 2.24) is 5.32 Å². The Balaban J connectivity index is 2.60. The molecule has 1 amide bonds. The minimum atomic E-state index is -3.38. The number of ether oxygens (including phenoxy) is 1. The van der Waals surface area contributed by atoms with Crippen LogP contribution < -0.4 is 5.32 Å². The first-order valence-electron chi connectivity index (χ1n) is 7.24. The highest BCUT2D eigenvalue weighted by Crippen LogP contribution is 2.52. The van der Waals surface area contributed by atoms with Gasteiger partial charge in [-0.25, -0.2) is 4.79 Å². The SMILES string of the molecule is CCCCC(NC(=O)OCc1ccccc1)P(=O)(OC)OC. The molecule has 0 bridgehead atoms. The molecule has 1 atom stereocenters. The van der Waals surface area contributed by atoms with Crippen molar-refractivity contribution in [3.8, 4) is 0 Å². The van der Waals surface area contributed by atoms with Gasteiger partial charge in [0.1, 0.15) is 12.4 Å². The monoisotopic (exact) mass is 329 g/mol. The Morgan fingerprint density at radius 1 is 1.23 bits per heavy atom. The maximum atomic E-state index is 12.5. The molecule has 22 heavy (non-hydrogen) atoms. The smallest absolute Gasteiger partial charge is 0.408 e. The second-order valence-electron chi connectivity index (χ2n) is 4.77. The molecule has 1 aromatic carbocycles. The van der Waals surface area contributed by atoms with Crippen molar-refractivity contribution in [3.05, 3.63) is 35.9 Å². The summed E-state index contributed by atoms with van der Waals surface area (Å²) in [5.41, 5.74) is 0.879. The van der Waals surface area contributed by atoms with Gasteiger partial charge in [-0.15, -0.1) is 0 Å². The summed E-state index contributed by atoms with van der Waals surface area (Å²) < 4.78 is 27.5. The number of hydrogen-bond donors (Lipinski definition) is 1. The normalized spacial score (nSPS) is 12.7. The van der Waals surface area contributed by atoms with Gasteiger partial charge >= 0.3 is 13.7 Å². The van der Waals surface area contributed by atoms with Gasteiger partial charge in [0.15, 0.2) is 0 Å². The number of nitrogens with one attached hydrogen (secondary N) is 1. The van der Waals surface area contributed by atoms with E-state index in [9.17, 15) is 9.36 Å². The molecule has 6 nitrogen and oxygen atoms in total. The molecule has 124 valence electrons. The Labute approximate surface area is 131 Å².